The molecule has 0 amide bonds. The fourth-order valence-electron chi connectivity index (χ4n) is 2.88. The molecule has 0 saturated carbocycles. The van der Waals surface area contributed by atoms with Crippen LogP contribution in [0.5, 0.6) is 0 Å². The Hall–Kier alpha value is -1.97. The van der Waals surface area contributed by atoms with Crippen LogP contribution in [0, 0.1) is 6.92 Å². The van der Waals surface area contributed by atoms with Crippen LogP contribution in [0.15, 0.2) is 48.9 Å². The number of halogens is 1. The van der Waals surface area contributed by atoms with Gasteiger partial charge in [0.2, 0.25) is 0 Å². The smallest absolute Gasteiger partial charge is 0.262 e. The minimum absolute atomic E-state index is 0.0661. The summed E-state index contributed by atoms with van der Waals surface area (Å²) in [6, 6.07) is 7.04. The van der Waals surface area contributed by atoms with Gasteiger partial charge in [-0.15, -0.1) is 11.3 Å². The van der Waals surface area contributed by atoms with Gasteiger partial charge in [-0.1, -0.05) is 27.7 Å². The van der Waals surface area contributed by atoms with Crippen molar-refractivity contribution in [2.24, 2.45) is 0 Å². The molecule has 0 aliphatic carbocycles. The van der Waals surface area contributed by atoms with Gasteiger partial charge in [0.05, 0.1) is 16.6 Å². The van der Waals surface area contributed by atoms with Gasteiger partial charge in [0.25, 0.3) is 11.1 Å². The van der Waals surface area contributed by atoms with E-state index in [0.717, 1.165) is 10.2 Å². The van der Waals surface area contributed by atoms with Crippen molar-refractivity contribution in [3.8, 4) is 0 Å². The first-order valence-corrected chi connectivity index (χ1v) is 10.9. The molecule has 0 bridgehead atoms. The Labute approximate surface area is 171 Å². The molecular weight excluding hydrogens is 448 g/mol. The summed E-state index contributed by atoms with van der Waals surface area (Å²) in [7, 11) is 0. The number of nitrogens with zero attached hydrogens (tertiary/aromatic N) is 4. The maximum absolute atomic E-state index is 12.8. The normalized spacial score (nSPS) is 11.5. The largest absolute Gasteiger partial charge is 0.287 e. The highest BCUT2D eigenvalue weighted by molar-refractivity contribution is 9.10. The van der Waals surface area contributed by atoms with Gasteiger partial charge in [-0.2, -0.15) is 0 Å². The molecule has 0 N–H and O–H groups in total. The lowest BCUT2D eigenvalue weighted by Crippen LogP contribution is -2.22. The zero-order valence-corrected chi connectivity index (χ0v) is 17.8. The summed E-state index contributed by atoms with van der Waals surface area (Å²) in [4.78, 5) is 35.0. The fraction of sp³-hybridized carbons (Fsp3) is 0.222. The topological polar surface area (TPSA) is 69.3 Å². The first-order valence-electron chi connectivity index (χ1n) is 8.27. The predicted octanol–water partition coefficient (Wildman–Crippen LogP) is 3.85. The lowest BCUT2D eigenvalue weighted by Gasteiger charge is -2.11. The number of hydrogen-bond acceptors (Lipinski definition) is 6. The summed E-state index contributed by atoms with van der Waals surface area (Å²) < 4.78 is 4.11. The van der Waals surface area contributed by atoms with Crippen molar-refractivity contribution >= 4 is 54.9 Å². The minimum atomic E-state index is -0.0847. The van der Waals surface area contributed by atoms with Crippen LogP contribution in [-0.2, 0) is 12.3 Å². The van der Waals surface area contributed by atoms with Crippen LogP contribution in [0.2, 0.25) is 0 Å². The van der Waals surface area contributed by atoms with Crippen LogP contribution in [0.3, 0.4) is 0 Å². The molecule has 0 unspecified atom stereocenters. The molecule has 138 valence electrons. The van der Waals surface area contributed by atoms with Gasteiger partial charge in [-0.3, -0.25) is 18.6 Å². The molecule has 6 nitrogen and oxygen atoms in total. The van der Waals surface area contributed by atoms with E-state index < -0.39 is 0 Å². The lowest BCUT2D eigenvalue weighted by atomic mass is 10.2. The Balaban J connectivity index is 1.72. The summed E-state index contributed by atoms with van der Waals surface area (Å²) >= 11 is 6.26. The third-order valence-corrected chi connectivity index (χ3v) is 6.62. The Morgan fingerprint density at radius 2 is 2.04 bits per heavy atom. The molecule has 4 rings (SSSR count). The fourth-order valence-corrected chi connectivity index (χ4v) is 5.08. The standard InChI is InChI=1S/C18H15BrN4O2S2/c1-3-22-16(25)13-6-11(19)4-5-14(13)21-17(22)27-9-12-7-15(24)23-10(2)8-26-18(23)20-12/h4-8H,3,9H2,1-2H3. The number of rotatable bonds is 4. The number of aromatic nitrogens is 4. The maximum Gasteiger partial charge on any atom is 0.262 e. The summed E-state index contributed by atoms with van der Waals surface area (Å²) in [5.74, 6) is 0.469. The van der Waals surface area contributed by atoms with Gasteiger partial charge < -0.3 is 0 Å². The molecule has 27 heavy (non-hydrogen) atoms. The van der Waals surface area contributed by atoms with Gasteiger partial charge in [-0.25, -0.2) is 9.97 Å². The van der Waals surface area contributed by atoms with Gasteiger partial charge in [0.1, 0.15) is 0 Å². The van der Waals surface area contributed by atoms with E-state index in [1.807, 2.05) is 31.4 Å². The molecule has 1 aromatic carbocycles. The zero-order valence-electron chi connectivity index (χ0n) is 14.6. The highest BCUT2D eigenvalue weighted by atomic mass is 79.9. The van der Waals surface area contributed by atoms with Gasteiger partial charge in [0, 0.05) is 33.9 Å². The van der Waals surface area contributed by atoms with Crippen LogP contribution >= 0.6 is 39.0 Å². The summed E-state index contributed by atoms with van der Waals surface area (Å²) in [6.45, 7) is 4.33. The first kappa shape index (κ1) is 18.4. The van der Waals surface area contributed by atoms with Crippen LogP contribution in [0.25, 0.3) is 15.9 Å². The van der Waals surface area contributed by atoms with Crippen molar-refractivity contribution in [2.45, 2.75) is 31.3 Å². The van der Waals surface area contributed by atoms with Crippen molar-refractivity contribution < 1.29 is 0 Å². The molecule has 0 aliphatic heterocycles. The number of benzene rings is 1. The number of aryl methyl sites for hydroxylation is 1. The van der Waals surface area contributed by atoms with Crippen molar-refractivity contribution in [3.05, 3.63) is 66.2 Å². The molecule has 4 aromatic rings. The minimum Gasteiger partial charge on any atom is -0.287 e. The molecule has 0 radical (unpaired) electrons. The average Bonchev–Trinajstić information content (AvgIpc) is 3.02. The second-order valence-corrected chi connectivity index (χ2v) is 8.67. The average molecular weight is 463 g/mol. The highest BCUT2D eigenvalue weighted by Gasteiger charge is 2.13. The molecular formula is C18H15BrN4O2S2. The number of hydrogen-bond donors (Lipinski definition) is 0. The molecule has 0 spiro atoms. The monoisotopic (exact) mass is 462 g/mol. The van der Waals surface area contributed by atoms with Crippen LogP contribution < -0.4 is 11.1 Å². The third kappa shape index (κ3) is 3.35. The summed E-state index contributed by atoms with van der Waals surface area (Å²) in [6.07, 6.45) is 0. The van der Waals surface area contributed by atoms with E-state index in [4.69, 9.17) is 0 Å². The van der Waals surface area contributed by atoms with Crippen LogP contribution in [0.4, 0.5) is 0 Å². The van der Waals surface area contributed by atoms with Crippen molar-refractivity contribution in [1.82, 2.24) is 18.9 Å². The Morgan fingerprint density at radius 3 is 2.81 bits per heavy atom. The number of thiazole rings is 1. The molecule has 9 heteroatoms. The maximum atomic E-state index is 12.8. The SMILES string of the molecule is CCn1c(SCc2cc(=O)n3c(C)csc3n2)nc2ccc(Br)cc2c1=O. The Kier molecular flexibility index (Phi) is 4.92. The number of thioether (sulfide) groups is 1. The molecule has 3 heterocycles. The lowest BCUT2D eigenvalue weighted by molar-refractivity contribution is 0.634. The summed E-state index contributed by atoms with van der Waals surface area (Å²) in [5.41, 5.74) is 2.07. The van der Waals surface area contributed by atoms with E-state index in [1.54, 1.807) is 21.1 Å². The van der Waals surface area contributed by atoms with E-state index in [0.29, 0.717) is 39.0 Å². The van der Waals surface area contributed by atoms with E-state index in [2.05, 4.69) is 25.9 Å². The Bertz CT molecular complexity index is 1290. The molecule has 0 saturated heterocycles. The van der Waals surface area contributed by atoms with Crippen molar-refractivity contribution in [2.75, 3.05) is 0 Å². The van der Waals surface area contributed by atoms with E-state index in [9.17, 15) is 9.59 Å². The zero-order chi connectivity index (χ0) is 19.1. The third-order valence-electron chi connectivity index (χ3n) is 4.18. The molecule has 0 fully saturated rings. The van der Waals surface area contributed by atoms with E-state index in [1.165, 1.54) is 23.1 Å². The van der Waals surface area contributed by atoms with E-state index in [-0.39, 0.29) is 11.1 Å². The van der Waals surface area contributed by atoms with Crippen LogP contribution in [-0.4, -0.2) is 18.9 Å². The second-order valence-electron chi connectivity index (χ2n) is 5.97. The Morgan fingerprint density at radius 1 is 1.22 bits per heavy atom. The van der Waals surface area contributed by atoms with Gasteiger partial charge in [0.15, 0.2) is 10.1 Å². The van der Waals surface area contributed by atoms with Crippen molar-refractivity contribution in [1.29, 1.82) is 0 Å². The van der Waals surface area contributed by atoms with Crippen molar-refractivity contribution in [3.63, 3.8) is 0 Å². The van der Waals surface area contributed by atoms with Gasteiger partial charge >= 0.3 is 0 Å². The predicted molar refractivity (Wildman–Crippen MR) is 113 cm³/mol. The quantitative estimate of drug-likeness (QED) is 0.340. The van der Waals surface area contributed by atoms with Crippen LogP contribution in [0.1, 0.15) is 18.3 Å². The molecule has 3 aromatic heterocycles. The highest BCUT2D eigenvalue weighted by Crippen LogP contribution is 2.23. The molecule has 0 aliphatic rings. The molecule has 0 atom stereocenters. The van der Waals surface area contributed by atoms with Gasteiger partial charge in [-0.05, 0) is 32.0 Å². The second kappa shape index (κ2) is 7.21. The number of fused-ring (bicyclic) bond motifs is 2. The van der Waals surface area contributed by atoms with E-state index >= 15 is 0 Å². The summed E-state index contributed by atoms with van der Waals surface area (Å²) in [5, 5.41) is 3.13. The first-order chi connectivity index (χ1) is 13.0.